The zero-order valence-electron chi connectivity index (χ0n) is 14.4. The second kappa shape index (κ2) is 6.14. The van der Waals surface area contributed by atoms with Gasteiger partial charge in [-0.3, -0.25) is 10.1 Å². The van der Waals surface area contributed by atoms with Crippen LogP contribution in [0.15, 0.2) is 47.2 Å². The Morgan fingerprint density at radius 1 is 1.48 bits per heavy atom. The maximum Gasteiger partial charge on any atom is 0.299 e. The number of hydrogen-bond acceptors (Lipinski definition) is 7. The minimum atomic E-state index is -0.994. The second-order valence-electron chi connectivity index (χ2n) is 6.48. The molecule has 0 bridgehead atoms. The van der Waals surface area contributed by atoms with Gasteiger partial charge in [0.1, 0.15) is 16.9 Å². The third-order valence-electron chi connectivity index (χ3n) is 4.85. The number of nitrogens with one attached hydrogen (secondary N) is 1. The summed E-state index contributed by atoms with van der Waals surface area (Å²) in [6, 6.07) is 9.47. The lowest BCUT2D eigenvalue weighted by atomic mass is 9.86. The highest BCUT2D eigenvalue weighted by atomic mass is 35.5. The van der Waals surface area contributed by atoms with E-state index in [1.54, 1.807) is 11.0 Å². The Morgan fingerprint density at radius 2 is 2.26 bits per heavy atom. The molecule has 0 amide bonds. The Morgan fingerprint density at radius 3 is 2.96 bits per heavy atom. The van der Waals surface area contributed by atoms with Crippen LogP contribution in [0.25, 0.3) is 10.9 Å². The number of rotatable bonds is 2. The normalized spacial score (nSPS) is 19.1. The summed E-state index contributed by atoms with van der Waals surface area (Å²) in [5.41, 5.74) is 8.22. The number of nitrogens with zero attached hydrogens (tertiary/aromatic N) is 4. The van der Waals surface area contributed by atoms with Crippen LogP contribution in [0.2, 0.25) is 5.15 Å². The number of allylic oxidation sites excluding steroid dienone is 1. The van der Waals surface area contributed by atoms with E-state index >= 15 is 0 Å². The number of pyridine rings is 1. The van der Waals surface area contributed by atoms with E-state index in [2.05, 4.69) is 10.3 Å². The number of benzene rings is 1. The van der Waals surface area contributed by atoms with Crippen LogP contribution in [-0.2, 0) is 0 Å². The lowest BCUT2D eigenvalue weighted by Crippen LogP contribution is -2.36. The van der Waals surface area contributed by atoms with Crippen LogP contribution in [0.1, 0.15) is 17.0 Å². The third-order valence-corrected chi connectivity index (χ3v) is 5.15. The van der Waals surface area contributed by atoms with Crippen molar-refractivity contribution in [2.45, 2.75) is 12.8 Å². The van der Waals surface area contributed by atoms with E-state index in [1.807, 2.05) is 31.2 Å². The zero-order valence-corrected chi connectivity index (χ0v) is 15.1. The van der Waals surface area contributed by atoms with E-state index in [-0.39, 0.29) is 22.2 Å². The van der Waals surface area contributed by atoms with Crippen molar-refractivity contribution < 1.29 is 4.92 Å². The van der Waals surface area contributed by atoms with Gasteiger partial charge in [0.05, 0.1) is 22.1 Å². The van der Waals surface area contributed by atoms with Gasteiger partial charge in [0.15, 0.2) is 5.82 Å². The quantitative estimate of drug-likeness (QED) is 0.464. The number of halogens is 1. The minimum absolute atomic E-state index is 0.102. The largest absolute Gasteiger partial charge is 0.384 e. The molecular weight excluding hydrogens is 368 g/mol. The van der Waals surface area contributed by atoms with Crippen molar-refractivity contribution in [3.63, 3.8) is 0 Å². The molecule has 1 unspecified atom stereocenters. The molecule has 1 aromatic carbocycles. The maximum atomic E-state index is 11.9. The molecule has 2 aliphatic heterocycles. The highest BCUT2D eigenvalue weighted by Gasteiger charge is 2.45. The first-order chi connectivity index (χ1) is 12.9. The summed E-state index contributed by atoms with van der Waals surface area (Å²) < 4.78 is 0. The minimum Gasteiger partial charge on any atom is -0.384 e. The number of fused-ring (bicyclic) bond motifs is 2. The van der Waals surface area contributed by atoms with Gasteiger partial charge in [-0.2, -0.15) is 5.26 Å². The van der Waals surface area contributed by atoms with Gasteiger partial charge in [0, 0.05) is 24.0 Å². The molecule has 1 aromatic heterocycles. The topological polar surface area (TPSA) is 121 Å². The molecule has 9 heteroatoms. The number of hydrogen-bond donors (Lipinski definition) is 2. The van der Waals surface area contributed by atoms with Crippen molar-refractivity contribution >= 4 is 22.5 Å². The number of nitriles is 1. The third kappa shape index (κ3) is 2.55. The summed E-state index contributed by atoms with van der Waals surface area (Å²) in [5, 5.41) is 25.6. The smallest absolute Gasteiger partial charge is 0.299 e. The molecule has 4 rings (SSSR count). The first-order valence-corrected chi connectivity index (χ1v) is 8.66. The maximum absolute atomic E-state index is 11.9. The van der Waals surface area contributed by atoms with Crippen LogP contribution in [-0.4, -0.2) is 27.9 Å². The zero-order chi connectivity index (χ0) is 19.3. The van der Waals surface area contributed by atoms with Crippen molar-refractivity contribution in [3.05, 3.63) is 73.6 Å². The summed E-state index contributed by atoms with van der Waals surface area (Å²) in [7, 11) is 0. The standard InChI is InChI=1S/C18H15ClN6O2/c1-9-2-3-13-10(6-9)7-11(16(19)23-13)14-12(8-20)17(21)24-5-4-22-18(24)15(14)25(26)27/h2-3,6-7,14,22H,4-5,21H2,1H3. The van der Waals surface area contributed by atoms with Crippen molar-refractivity contribution in [1.82, 2.24) is 15.2 Å². The van der Waals surface area contributed by atoms with Gasteiger partial charge in [0.25, 0.3) is 5.70 Å². The summed E-state index contributed by atoms with van der Waals surface area (Å²) in [6.07, 6.45) is 0. The molecule has 3 N–H and O–H groups in total. The van der Waals surface area contributed by atoms with E-state index in [1.165, 1.54) is 0 Å². The van der Waals surface area contributed by atoms with Gasteiger partial charge in [-0.1, -0.05) is 23.2 Å². The van der Waals surface area contributed by atoms with Crippen LogP contribution in [0.4, 0.5) is 0 Å². The number of aryl methyl sites for hydroxylation is 1. The Hall–Kier alpha value is -3.31. The van der Waals surface area contributed by atoms with E-state index in [4.69, 9.17) is 17.3 Å². The second-order valence-corrected chi connectivity index (χ2v) is 6.84. The molecule has 0 saturated carbocycles. The van der Waals surface area contributed by atoms with Gasteiger partial charge in [0.2, 0.25) is 0 Å². The van der Waals surface area contributed by atoms with Crippen molar-refractivity contribution in [2.24, 2.45) is 5.73 Å². The predicted octanol–water partition coefficient (Wildman–Crippen LogP) is 2.34. The fourth-order valence-electron chi connectivity index (χ4n) is 3.64. The molecule has 2 aliphatic rings. The molecule has 1 saturated heterocycles. The summed E-state index contributed by atoms with van der Waals surface area (Å²) >= 11 is 6.40. The lowest BCUT2D eigenvalue weighted by Gasteiger charge is -2.29. The fourth-order valence-corrected chi connectivity index (χ4v) is 3.89. The van der Waals surface area contributed by atoms with Crippen LogP contribution in [0.5, 0.6) is 0 Å². The number of nitrogens with two attached hydrogens (primary N) is 1. The predicted molar refractivity (Wildman–Crippen MR) is 99.8 cm³/mol. The summed E-state index contributed by atoms with van der Waals surface area (Å²) in [4.78, 5) is 17.4. The highest BCUT2D eigenvalue weighted by Crippen LogP contribution is 2.43. The lowest BCUT2D eigenvalue weighted by molar-refractivity contribution is -0.432. The van der Waals surface area contributed by atoms with Crippen molar-refractivity contribution in [1.29, 1.82) is 5.26 Å². The van der Waals surface area contributed by atoms with E-state index in [9.17, 15) is 15.4 Å². The van der Waals surface area contributed by atoms with Gasteiger partial charge < -0.3 is 16.0 Å². The van der Waals surface area contributed by atoms with E-state index < -0.39 is 10.8 Å². The van der Waals surface area contributed by atoms with E-state index in [0.29, 0.717) is 30.0 Å². The molecule has 2 aromatic rings. The van der Waals surface area contributed by atoms with Crippen LogP contribution in [0, 0.1) is 28.4 Å². The van der Waals surface area contributed by atoms with E-state index in [0.717, 1.165) is 10.9 Å². The Labute approximate surface area is 159 Å². The van der Waals surface area contributed by atoms with Crippen molar-refractivity contribution in [3.8, 4) is 6.07 Å². The number of aromatic nitrogens is 1. The molecule has 3 heterocycles. The molecule has 0 spiro atoms. The summed E-state index contributed by atoms with van der Waals surface area (Å²) in [5.74, 6) is -0.484. The SMILES string of the molecule is Cc1ccc2nc(Cl)c(C3C(C#N)=C(N)N4CCNC4=C3[N+](=O)[O-])cc2c1. The first-order valence-electron chi connectivity index (χ1n) is 8.29. The molecule has 1 atom stereocenters. The fraction of sp³-hybridized carbons (Fsp3) is 0.222. The Kier molecular flexibility index (Phi) is 3.89. The molecule has 0 radical (unpaired) electrons. The average Bonchev–Trinajstić information content (AvgIpc) is 3.10. The molecular formula is C18H15ClN6O2. The first kappa shape index (κ1) is 17.1. The average molecular weight is 383 g/mol. The van der Waals surface area contributed by atoms with Gasteiger partial charge in [-0.25, -0.2) is 4.98 Å². The van der Waals surface area contributed by atoms with Gasteiger partial charge in [-0.15, -0.1) is 0 Å². The van der Waals surface area contributed by atoms with Gasteiger partial charge in [-0.05, 0) is 25.1 Å². The molecule has 27 heavy (non-hydrogen) atoms. The Balaban J connectivity index is 2.01. The van der Waals surface area contributed by atoms with Crippen LogP contribution >= 0.6 is 11.6 Å². The molecule has 136 valence electrons. The summed E-state index contributed by atoms with van der Waals surface area (Å²) in [6.45, 7) is 2.90. The Bertz CT molecular complexity index is 1100. The van der Waals surface area contributed by atoms with Crippen molar-refractivity contribution in [2.75, 3.05) is 13.1 Å². The molecule has 8 nitrogen and oxygen atoms in total. The molecule has 1 fully saturated rings. The highest BCUT2D eigenvalue weighted by molar-refractivity contribution is 6.30. The number of nitro groups is 1. The monoisotopic (exact) mass is 382 g/mol. The van der Waals surface area contributed by atoms with Crippen LogP contribution < -0.4 is 11.1 Å². The van der Waals surface area contributed by atoms with Crippen LogP contribution in [0.3, 0.4) is 0 Å². The van der Waals surface area contributed by atoms with Gasteiger partial charge >= 0.3 is 0 Å². The molecule has 0 aliphatic carbocycles.